The Morgan fingerprint density at radius 3 is 1.53 bits per heavy atom. The zero-order chi connectivity index (χ0) is 13.2. The van der Waals surface area contributed by atoms with Crippen molar-refractivity contribution in [1.29, 1.82) is 0 Å². The Morgan fingerprint density at radius 2 is 1.11 bits per heavy atom. The average Bonchev–Trinajstić information content (AvgIpc) is 2.88. The summed E-state index contributed by atoms with van der Waals surface area (Å²) in [7, 11) is 0. The lowest BCUT2D eigenvalue weighted by molar-refractivity contribution is 0.475. The van der Waals surface area contributed by atoms with Crippen LogP contribution < -0.4 is 0 Å². The van der Waals surface area contributed by atoms with E-state index in [9.17, 15) is 10.2 Å². The van der Waals surface area contributed by atoms with Gasteiger partial charge in [-0.05, 0) is 36.4 Å². The van der Waals surface area contributed by atoms with Crippen molar-refractivity contribution in [2.45, 2.75) is 0 Å². The normalized spacial score (nSPS) is 10.5. The fraction of sp³-hybridized carbons (Fsp3) is 0. The van der Waals surface area contributed by atoms with Crippen molar-refractivity contribution in [1.82, 2.24) is 0 Å². The van der Waals surface area contributed by atoms with Crippen molar-refractivity contribution in [3.63, 3.8) is 0 Å². The highest BCUT2D eigenvalue weighted by Gasteiger charge is 2.07. The van der Waals surface area contributed by atoms with Crippen LogP contribution in [0.2, 0.25) is 0 Å². The number of furan rings is 1. The van der Waals surface area contributed by atoms with Gasteiger partial charge in [-0.15, -0.1) is 0 Å². The van der Waals surface area contributed by atoms with Crippen LogP contribution >= 0.6 is 0 Å². The van der Waals surface area contributed by atoms with Crippen LogP contribution in [0.3, 0.4) is 0 Å². The number of hydrogen-bond donors (Lipinski definition) is 2. The lowest BCUT2D eigenvalue weighted by Gasteiger charge is -1.99. The summed E-state index contributed by atoms with van der Waals surface area (Å²) >= 11 is 0. The number of benzene rings is 2. The van der Waals surface area contributed by atoms with Crippen molar-refractivity contribution in [3.05, 3.63) is 60.7 Å². The standard InChI is InChI=1S/C16H12O3/c17-13-5-1-3-11(9-13)15-7-8-16(19-15)12-4-2-6-14(18)10-12/h1-10,17-18H. The Bertz CT molecular complexity index is 653. The fourth-order valence-electron chi connectivity index (χ4n) is 1.97. The molecule has 0 fully saturated rings. The summed E-state index contributed by atoms with van der Waals surface area (Å²) in [5, 5.41) is 18.9. The molecule has 3 rings (SSSR count). The summed E-state index contributed by atoms with van der Waals surface area (Å²) in [6.07, 6.45) is 0. The average molecular weight is 252 g/mol. The second-order valence-electron chi connectivity index (χ2n) is 4.26. The van der Waals surface area contributed by atoms with E-state index in [0.29, 0.717) is 11.5 Å². The van der Waals surface area contributed by atoms with Crippen LogP contribution in [-0.2, 0) is 0 Å². The van der Waals surface area contributed by atoms with Crippen LogP contribution in [0.25, 0.3) is 22.6 Å². The second-order valence-corrected chi connectivity index (χ2v) is 4.26. The van der Waals surface area contributed by atoms with Crippen molar-refractivity contribution in [2.75, 3.05) is 0 Å². The molecule has 0 unspecified atom stereocenters. The summed E-state index contributed by atoms with van der Waals surface area (Å²) < 4.78 is 5.74. The summed E-state index contributed by atoms with van der Waals surface area (Å²) in [4.78, 5) is 0. The molecule has 0 aliphatic heterocycles. The van der Waals surface area contributed by atoms with Crippen LogP contribution in [0.4, 0.5) is 0 Å². The van der Waals surface area contributed by atoms with Gasteiger partial charge in [0.25, 0.3) is 0 Å². The van der Waals surface area contributed by atoms with E-state index < -0.39 is 0 Å². The molecule has 3 nitrogen and oxygen atoms in total. The minimum Gasteiger partial charge on any atom is -0.508 e. The molecule has 0 atom stereocenters. The number of phenols is 2. The molecule has 3 heteroatoms. The van der Waals surface area contributed by atoms with Gasteiger partial charge in [-0.3, -0.25) is 0 Å². The highest BCUT2D eigenvalue weighted by atomic mass is 16.3. The van der Waals surface area contributed by atoms with Crippen molar-refractivity contribution < 1.29 is 14.6 Å². The second kappa shape index (κ2) is 4.53. The molecule has 2 aromatic carbocycles. The van der Waals surface area contributed by atoms with Gasteiger partial charge < -0.3 is 14.6 Å². The topological polar surface area (TPSA) is 53.6 Å². The predicted molar refractivity (Wildman–Crippen MR) is 72.9 cm³/mol. The van der Waals surface area contributed by atoms with Gasteiger partial charge in [-0.2, -0.15) is 0 Å². The van der Waals surface area contributed by atoms with Crippen LogP contribution in [0.5, 0.6) is 11.5 Å². The maximum absolute atomic E-state index is 9.46. The monoisotopic (exact) mass is 252 g/mol. The molecule has 0 saturated heterocycles. The number of hydrogen-bond acceptors (Lipinski definition) is 3. The van der Waals surface area contributed by atoms with Gasteiger partial charge in [-0.1, -0.05) is 24.3 Å². The molecule has 0 bridgehead atoms. The molecule has 1 aromatic heterocycles. The first kappa shape index (κ1) is 11.4. The fourth-order valence-corrected chi connectivity index (χ4v) is 1.97. The van der Waals surface area contributed by atoms with Gasteiger partial charge in [0, 0.05) is 11.1 Å². The van der Waals surface area contributed by atoms with E-state index in [1.54, 1.807) is 36.4 Å². The van der Waals surface area contributed by atoms with Crippen molar-refractivity contribution in [3.8, 4) is 34.1 Å². The number of aromatic hydroxyl groups is 2. The molecule has 0 aliphatic rings. The zero-order valence-corrected chi connectivity index (χ0v) is 10.1. The lowest BCUT2D eigenvalue weighted by atomic mass is 10.1. The third-order valence-electron chi connectivity index (χ3n) is 2.87. The number of rotatable bonds is 2. The van der Waals surface area contributed by atoms with E-state index in [0.717, 1.165) is 11.1 Å². The molecule has 0 amide bonds. The Hall–Kier alpha value is -2.68. The summed E-state index contributed by atoms with van der Waals surface area (Å²) in [6.45, 7) is 0. The summed E-state index contributed by atoms with van der Waals surface area (Å²) in [5.74, 6) is 1.75. The predicted octanol–water partition coefficient (Wildman–Crippen LogP) is 4.02. The molecule has 0 saturated carbocycles. The maximum Gasteiger partial charge on any atom is 0.134 e. The molecule has 2 N–H and O–H groups in total. The first-order valence-corrected chi connectivity index (χ1v) is 5.91. The van der Waals surface area contributed by atoms with E-state index in [4.69, 9.17) is 4.42 Å². The quantitative estimate of drug-likeness (QED) is 0.724. The zero-order valence-electron chi connectivity index (χ0n) is 10.1. The molecule has 0 radical (unpaired) electrons. The van der Waals surface area contributed by atoms with Gasteiger partial charge in [0.2, 0.25) is 0 Å². The Kier molecular flexibility index (Phi) is 2.72. The largest absolute Gasteiger partial charge is 0.508 e. The lowest BCUT2D eigenvalue weighted by Crippen LogP contribution is -1.74. The Labute approximate surface area is 110 Å². The van der Waals surface area contributed by atoms with Crippen LogP contribution in [0.15, 0.2) is 65.1 Å². The van der Waals surface area contributed by atoms with Gasteiger partial charge in [-0.25, -0.2) is 0 Å². The van der Waals surface area contributed by atoms with Gasteiger partial charge in [0.15, 0.2) is 0 Å². The van der Waals surface area contributed by atoms with E-state index in [2.05, 4.69) is 0 Å². The SMILES string of the molecule is Oc1cccc(-c2ccc(-c3cccc(O)c3)o2)c1. The molecule has 94 valence electrons. The minimum absolute atomic E-state index is 0.202. The minimum atomic E-state index is 0.202. The highest BCUT2D eigenvalue weighted by Crippen LogP contribution is 2.31. The van der Waals surface area contributed by atoms with Crippen LogP contribution in [0.1, 0.15) is 0 Å². The van der Waals surface area contributed by atoms with Crippen molar-refractivity contribution in [2.24, 2.45) is 0 Å². The molecular weight excluding hydrogens is 240 g/mol. The first-order chi connectivity index (χ1) is 9.22. The van der Waals surface area contributed by atoms with E-state index in [-0.39, 0.29) is 11.5 Å². The Morgan fingerprint density at radius 1 is 0.632 bits per heavy atom. The third kappa shape index (κ3) is 2.31. The molecule has 3 aromatic rings. The molecule has 1 heterocycles. The van der Waals surface area contributed by atoms with E-state index in [1.165, 1.54) is 0 Å². The third-order valence-corrected chi connectivity index (χ3v) is 2.87. The van der Waals surface area contributed by atoms with Crippen LogP contribution in [0, 0.1) is 0 Å². The van der Waals surface area contributed by atoms with Crippen LogP contribution in [-0.4, -0.2) is 10.2 Å². The van der Waals surface area contributed by atoms with Gasteiger partial charge in [0.1, 0.15) is 23.0 Å². The number of phenolic OH excluding ortho intramolecular Hbond substituents is 2. The molecule has 19 heavy (non-hydrogen) atoms. The molecular formula is C16H12O3. The van der Waals surface area contributed by atoms with Gasteiger partial charge >= 0.3 is 0 Å². The molecule has 0 spiro atoms. The maximum atomic E-state index is 9.46. The molecule has 0 aliphatic carbocycles. The summed E-state index contributed by atoms with van der Waals surface area (Å²) in [6, 6.07) is 17.5. The smallest absolute Gasteiger partial charge is 0.134 e. The Balaban J connectivity index is 2.00. The summed E-state index contributed by atoms with van der Waals surface area (Å²) in [5.41, 5.74) is 1.62. The van der Waals surface area contributed by atoms with E-state index in [1.807, 2.05) is 24.3 Å². The van der Waals surface area contributed by atoms with Gasteiger partial charge in [0.05, 0.1) is 0 Å². The van der Waals surface area contributed by atoms with E-state index >= 15 is 0 Å². The highest BCUT2D eigenvalue weighted by molar-refractivity contribution is 5.66. The van der Waals surface area contributed by atoms with Crippen molar-refractivity contribution >= 4 is 0 Å². The first-order valence-electron chi connectivity index (χ1n) is 5.91.